The highest BCUT2D eigenvalue weighted by Crippen LogP contribution is 2.39. The first-order chi connectivity index (χ1) is 29.4. The fourth-order valence-electron chi connectivity index (χ4n) is 5.85. The molecule has 0 fully saturated rings. The van der Waals surface area contributed by atoms with Crippen molar-refractivity contribution in [1.82, 2.24) is 14.7 Å². The second-order valence-corrected chi connectivity index (χ2v) is 15.7. The maximum atomic E-state index is 13.3. The van der Waals surface area contributed by atoms with E-state index < -0.39 is 35.3 Å². The zero-order valence-electron chi connectivity index (χ0n) is 37.7. The third-order valence-electron chi connectivity index (χ3n) is 9.15. The summed E-state index contributed by atoms with van der Waals surface area (Å²) in [5.41, 5.74) is 0.393. The molecule has 1 heterocycles. The van der Waals surface area contributed by atoms with E-state index in [1.54, 1.807) is 24.8 Å². The van der Waals surface area contributed by atoms with Crippen molar-refractivity contribution in [3.63, 3.8) is 0 Å². The van der Waals surface area contributed by atoms with Gasteiger partial charge in [0.2, 0.25) is 23.5 Å². The van der Waals surface area contributed by atoms with Gasteiger partial charge in [0, 0.05) is 67.0 Å². The Labute approximate surface area is 364 Å². The molecule has 0 spiro atoms. The number of carbonyl (C=O) groups excluding carboxylic acids is 7. The Morgan fingerprint density at radius 1 is 0.532 bits per heavy atom. The zero-order valence-corrected chi connectivity index (χ0v) is 37.7. The van der Waals surface area contributed by atoms with Crippen molar-refractivity contribution >= 4 is 41.6 Å². The summed E-state index contributed by atoms with van der Waals surface area (Å²) in [5, 5.41) is 0. The van der Waals surface area contributed by atoms with Gasteiger partial charge in [-0.15, -0.1) is 0 Å². The Kier molecular flexibility index (Phi) is 23.9. The normalized spacial score (nSPS) is 12.6. The van der Waals surface area contributed by atoms with E-state index in [1.807, 2.05) is 32.9 Å². The Morgan fingerprint density at radius 3 is 1.37 bits per heavy atom. The Bertz CT molecular complexity index is 1600. The maximum absolute atomic E-state index is 13.3. The summed E-state index contributed by atoms with van der Waals surface area (Å²) in [7, 11) is 4.29. The molecular weight excluding hydrogens is 814 g/mol. The van der Waals surface area contributed by atoms with Gasteiger partial charge in [-0.25, -0.2) is 0 Å². The lowest BCUT2D eigenvalue weighted by Crippen LogP contribution is -2.40. The molecule has 19 nitrogen and oxygen atoms in total. The third-order valence-corrected chi connectivity index (χ3v) is 9.15. The molecule has 0 bridgehead atoms. The minimum atomic E-state index is -0.798. The molecule has 0 aliphatic carbocycles. The number of fused-ring (bicyclic) bond motifs is 1. The van der Waals surface area contributed by atoms with E-state index in [4.69, 9.17) is 37.9 Å². The Balaban J connectivity index is 1.88. The van der Waals surface area contributed by atoms with Gasteiger partial charge < -0.3 is 57.3 Å². The van der Waals surface area contributed by atoms with Crippen LogP contribution in [0, 0.1) is 0 Å². The van der Waals surface area contributed by atoms with Crippen LogP contribution in [0.2, 0.25) is 0 Å². The fourth-order valence-corrected chi connectivity index (χ4v) is 5.85. The van der Waals surface area contributed by atoms with Gasteiger partial charge in [-0.05, 0) is 44.9 Å². The monoisotopic (exact) mass is 881 g/mol. The van der Waals surface area contributed by atoms with Crippen LogP contribution in [0.25, 0.3) is 0 Å². The molecular formula is C43H67N3O16. The summed E-state index contributed by atoms with van der Waals surface area (Å²) in [4.78, 5) is 92.5. The average Bonchev–Trinajstić information content (AvgIpc) is 3.54. The SMILES string of the molecule is COCCN(CCOC)C(=O)CCC(=O)N(CCOC(=O)CCC(=O)OCCN(CCOC(=O)CCC(=O)OC)C(=O)CCc1ccc2c(c1)OC(C)(C)O2)CCOC(C)(C)C. The molecule has 350 valence electrons. The number of carbonyl (C=O) groups is 7. The van der Waals surface area contributed by atoms with Gasteiger partial charge in [0.05, 0.1) is 77.8 Å². The molecule has 0 aromatic heterocycles. The van der Waals surface area contributed by atoms with E-state index in [1.165, 1.54) is 31.1 Å². The quantitative estimate of drug-likeness (QED) is 0.0803. The molecule has 1 aliphatic rings. The molecule has 1 aromatic carbocycles. The molecule has 3 amide bonds. The van der Waals surface area contributed by atoms with Crippen LogP contribution in [-0.2, 0) is 73.1 Å². The summed E-state index contributed by atoms with van der Waals surface area (Å²) < 4.78 is 47.9. The predicted octanol–water partition coefficient (Wildman–Crippen LogP) is 2.86. The van der Waals surface area contributed by atoms with Crippen LogP contribution >= 0.6 is 0 Å². The number of benzene rings is 1. The minimum absolute atomic E-state index is 0.00137. The van der Waals surface area contributed by atoms with Crippen molar-refractivity contribution in [2.75, 3.05) is 100 Å². The number of nitrogens with zero attached hydrogens (tertiary/aromatic N) is 3. The lowest BCUT2D eigenvalue weighted by molar-refractivity contribution is -0.152. The average molecular weight is 882 g/mol. The first-order valence-corrected chi connectivity index (χ1v) is 20.9. The number of hydrogen-bond acceptors (Lipinski definition) is 16. The van der Waals surface area contributed by atoms with Crippen molar-refractivity contribution in [1.29, 1.82) is 0 Å². The standard InChI is InChI=1S/C43H67N3O16/c1-42(2,3)60-30-24-46(37(49)14-13-36(48)44(19-25-54-6)20-26-55-7)23-29-59-41(53)18-17-40(52)58-28-22-45(21-27-57-39(51)16-15-38(50)56-8)35(47)12-10-32-9-11-33-34(31-32)62-43(4,5)61-33/h9,11,31H,10,12-30H2,1-8H3. The van der Waals surface area contributed by atoms with Gasteiger partial charge >= 0.3 is 23.9 Å². The maximum Gasteiger partial charge on any atom is 0.306 e. The van der Waals surface area contributed by atoms with Crippen molar-refractivity contribution in [2.24, 2.45) is 0 Å². The third kappa shape index (κ3) is 22.2. The zero-order chi connectivity index (χ0) is 46.1. The summed E-state index contributed by atoms with van der Waals surface area (Å²) >= 11 is 0. The first kappa shape index (κ1) is 53.1. The lowest BCUT2D eigenvalue weighted by atomic mass is 10.1. The number of rotatable bonds is 30. The molecule has 0 atom stereocenters. The Morgan fingerprint density at radius 2 is 0.935 bits per heavy atom. The van der Waals surface area contributed by atoms with Crippen LogP contribution < -0.4 is 9.47 Å². The second-order valence-electron chi connectivity index (χ2n) is 15.7. The molecule has 1 aliphatic heterocycles. The smallest absolute Gasteiger partial charge is 0.306 e. The predicted molar refractivity (Wildman–Crippen MR) is 222 cm³/mol. The van der Waals surface area contributed by atoms with E-state index >= 15 is 0 Å². The van der Waals surface area contributed by atoms with Crippen molar-refractivity contribution in [3.05, 3.63) is 23.8 Å². The van der Waals surface area contributed by atoms with Crippen LogP contribution in [-0.4, -0.2) is 168 Å². The van der Waals surface area contributed by atoms with E-state index in [9.17, 15) is 33.6 Å². The van der Waals surface area contributed by atoms with Gasteiger partial charge in [-0.1, -0.05) is 6.07 Å². The van der Waals surface area contributed by atoms with Crippen LogP contribution in [0.1, 0.15) is 85.1 Å². The van der Waals surface area contributed by atoms with Crippen molar-refractivity contribution in [3.8, 4) is 11.5 Å². The number of ether oxygens (including phenoxy) is 9. The van der Waals surface area contributed by atoms with Gasteiger partial charge in [-0.2, -0.15) is 0 Å². The molecule has 62 heavy (non-hydrogen) atoms. The van der Waals surface area contributed by atoms with Gasteiger partial charge in [-0.3, -0.25) is 33.6 Å². The number of methoxy groups -OCH3 is 3. The summed E-state index contributed by atoms with van der Waals surface area (Å²) in [6.07, 6.45) is -0.537. The summed E-state index contributed by atoms with van der Waals surface area (Å²) in [5.74, 6) is -3.00. The van der Waals surface area contributed by atoms with Gasteiger partial charge in [0.25, 0.3) is 0 Å². The first-order valence-electron chi connectivity index (χ1n) is 20.9. The van der Waals surface area contributed by atoms with Gasteiger partial charge in [0.15, 0.2) is 11.5 Å². The molecule has 0 saturated heterocycles. The number of esters is 4. The summed E-state index contributed by atoms with van der Waals surface area (Å²) in [6, 6.07) is 5.43. The van der Waals surface area contributed by atoms with Crippen LogP contribution in [0.4, 0.5) is 0 Å². The fraction of sp³-hybridized carbons (Fsp3) is 0.698. The van der Waals surface area contributed by atoms with E-state index in [0.717, 1.165) is 5.56 Å². The topological polar surface area (TPSA) is 212 Å². The van der Waals surface area contributed by atoms with E-state index in [2.05, 4.69) is 4.74 Å². The highest BCUT2D eigenvalue weighted by atomic mass is 16.7. The Hall–Kier alpha value is -5.01. The van der Waals surface area contributed by atoms with Crippen LogP contribution in [0.15, 0.2) is 18.2 Å². The molecule has 0 N–H and O–H groups in total. The number of aryl methyl sites for hydroxylation is 1. The van der Waals surface area contributed by atoms with Crippen molar-refractivity contribution < 1.29 is 76.2 Å². The summed E-state index contributed by atoms with van der Waals surface area (Å²) in [6.45, 7) is 10.6. The number of amides is 3. The molecule has 0 saturated carbocycles. The highest BCUT2D eigenvalue weighted by Gasteiger charge is 2.31. The second kappa shape index (κ2) is 27.8. The van der Waals surface area contributed by atoms with E-state index in [-0.39, 0.29) is 115 Å². The molecule has 0 radical (unpaired) electrons. The van der Waals surface area contributed by atoms with E-state index in [0.29, 0.717) is 44.2 Å². The van der Waals surface area contributed by atoms with Crippen molar-refractivity contribution in [2.45, 2.75) is 97.4 Å². The molecule has 0 unspecified atom stereocenters. The minimum Gasteiger partial charge on any atom is -0.469 e. The van der Waals surface area contributed by atoms with Crippen LogP contribution in [0.5, 0.6) is 11.5 Å². The molecule has 2 rings (SSSR count). The largest absolute Gasteiger partial charge is 0.469 e. The number of hydrogen-bond donors (Lipinski definition) is 0. The van der Waals surface area contributed by atoms with Gasteiger partial charge in [0.1, 0.15) is 19.8 Å². The lowest BCUT2D eigenvalue weighted by Gasteiger charge is -2.26. The molecule has 19 heteroatoms. The highest BCUT2D eigenvalue weighted by molar-refractivity contribution is 5.84. The van der Waals surface area contributed by atoms with Crippen LogP contribution in [0.3, 0.4) is 0 Å². The molecule has 1 aromatic rings.